The van der Waals surface area contributed by atoms with Crippen LogP contribution in [-0.4, -0.2) is 23.1 Å². The van der Waals surface area contributed by atoms with Crippen molar-refractivity contribution in [2.45, 2.75) is 219 Å². The fourth-order valence-electron chi connectivity index (χ4n) is 5.96. The van der Waals surface area contributed by atoms with Crippen LogP contribution in [0.2, 0.25) is 0 Å². The second kappa shape index (κ2) is 37.6. The lowest BCUT2D eigenvalue weighted by atomic mass is 10.0. The van der Waals surface area contributed by atoms with E-state index >= 15 is 0 Å². The molecule has 0 aromatic rings. The van der Waals surface area contributed by atoms with Gasteiger partial charge in [-0.2, -0.15) is 0 Å². The summed E-state index contributed by atoms with van der Waals surface area (Å²) in [4.78, 5) is 23.3. The maximum Gasteiger partial charge on any atom is 0.306 e. The molecule has 1 atom stereocenters. The number of allylic oxidation sites excluding steroid dienone is 6. The van der Waals surface area contributed by atoms with E-state index in [0.29, 0.717) is 12.8 Å². The van der Waals surface area contributed by atoms with Gasteiger partial charge in [0.2, 0.25) is 0 Å². The second-order valence-corrected chi connectivity index (χ2v) is 13.4. The van der Waals surface area contributed by atoms with E-state index in [1.165, 1.54) is 116 Å². The predicted octanol–water partition coefficient (Wildman–Crippen LogP) is 13.8. The standard InChI is InChI=1S/C42H76O4/c1-3-5-7-9-11-13-14-15-16-17-18-19-20-21-27-31-35-39-42(45)46-40(36-32-28-24-12-10-8-6-4-2)37-33-29-25-22-23-26-30-34-38-41(43)44/h5,7,11,13,15-16,40H,3-4,6,8-10,12,14,17-39H2,1-2H3,(H,43,44)/b7-5-,13-11-,16-15-. The number of esters is 1. The molecule has 4 nitrogen and oxygen atoms in total. The number of carboxylic acids is 1. The summed E-state index contributed by atoms with van der Waals surface area (Å²) < 4.78 is 6.03. The van der Waals surface area contributed by atoms with Crippen LogP contribution in [-0.2, 0) is 14.3 Å². The van der Waals surface area contributed by atoms with Gasteiger partial charge in [-0.15, -0.1) is 0 Å². The number of hydrogen-bond donors (Lipinski definition) is 1. The highest BCUT2D eigenvalue weighted by Crippen LogP contribution is 2.19. The maximum atomic E-state index is 12.7. The Labute approximate surface area is 286 Å². The largest absolute Gasteiger partial charge is 0.481 e. The summed E-state index contributed by atoms with van der Waals surface area (Å²) in [5.41, 5.74) is 0. The van der Waals surface area contributed by atoms with Crippen molar-refractivity contribution in [1.82, 2.24) is 0 Å². The number of ether oxygens (including phenoxy) is 1. The molecule has 0 aliphatic rings. The van der Waals surface area contributed by atoms with Crippen LogP contribution in [0.5, 0.6) is 0 Å². The van der Waals surface area contributed by atoms with Gasteiger partial charge >= 0.3 is 11.9 Å². The summed E-state index contributed by atoms with van der Waals surface area (Å²) in [5, 5.41) is 8.74. The van der Waals surface area contributed by atoms with Crippen LogP contribution in [0.15, 0.2) is 36.5 Å². The SMILES string of the molecule is CC/C=C\C/C=C\C/C=C\CCCCCCCCCC(=O)OC(CCCCCCCCCC)CCCCCCCCCCC(=O)O. The molecule has 0 radical (unpaired) electrons. The Hall–Kier alpha value is -1.84. The molecule has 1 unspecified atom stereocenters. The van der Waals surface area contributed by atoms with Gasteiger partial charge in [-0.05, 0) is 70.6 Å². The van der Waals surface area contributed by atoms with Gasteiger partial charge in [-0.1, -0.05) is 166 Å². The first kappa shape index (κ1) is 44.2. The van der Waals surface area contributed by atoms with Gasteiger partial charge in [0.15, 0.2) is 0 Å². The van der Waals surface area contributed by atoms with E-state index < -0.39 is 5.97 Å². The molecular formula is C42H76O4. The first-order valence-corrected chi connectivity index (χ1v) is 20.0. The number of rotatable bonds is 36. The minimum atomic E-state index is -0.682. The fourth-order valence-corrected chi connectivity index (χ4v) is 5.96. The molecule has 0 spiro atoms. The van der Waals surface area contributed by atoms with Crippen molar-refractivity contribution >= 4 is 11.9 Å². The maximum absolute atomic E-state index is 12.7. The van der Waals surface area contributed by atoms with Gasteiger partial charge < -0.3 is 9.84 Å². The van der Waals surface area contributed by atoms with E-state index in [0.717, 1.165) is 70.6 Å². The van der Waals surface area contributed by atoms with Crippen molar-refractivity contribution in [3.05, 3.63) is 36.5 Å². The number of carbonyl (C=O) groups excluding carboxylic acids is 1. The summed E-state index contributed by atoms with van der Waals surface area (Å²) in [6.45, 7) is 4.44. The molecule has 0 saturated carbocycles. The number of carbonyl (C=O) groups is 2. The average molecular weight is 645 g/mol. The zero-order chi connectivity index (χ0) is 33.6. The molecule has 0 heterocycles. The summed E-state index contributed by atoms with van der Waals surface area (Å²) in [6.07, 6.45) is 48.8. The molecule has 0 aliphatic carbocycles. The molecule has 0 fully saturated rings. The van der Waals surface area contributed by atoms with E-state index in [2.05, 4.69) is 50.3 Å². The van der Waals surface area contributed by atoms with Crippen molar-refractivity contribution in [2.75, 3.05) is 0 Å². The molecule has 268 valence electrons. The lowest BCUT2D eigenvalue weighted by Crippen LogP contribution is -2.18. The van der Waals surface area contributed by atoms with Gasteiger partial charge in [-0.3, -0.25) is 9.59 Å². The molecule has 0 aromatic carbocycles. The number of hydrogen-bond acceptors (Lipinski definition) is 3. The minimum absolute atomic E-state index is 0.0185. The Kier molecular flexibility index (Phi) is 36.1. The molecular weight excluding hydrogens is 568 g/mol. The third kappa shape index (κ3) is 36.6. The van der Waals surface area contributed by atoms with Crippen LogP contribution < -0.4 is 0 Å². The van der Waals surface area contributed by atoms with E-state index in [-0.39, 0.29) is 12.1 Å². The smallest absolute Gasteiger partial charge is 0.306 e. The lowest BCUT2D eigenvalue weighted by molar-refractivity contribution is -0.150. The second-order valence-electron chi connectivity index (χ2n) is 13.4. The Bertz CT molecular complexity index is 738. The quantitative estimate of drug-likeness (QED) is 0.0419. The van der Waals surface area contributed by atoms with Gasteiger partial charge in [0.25, 0.3) is 0 Å². The van der Waals surface area contributed by atoms with Crippen molar-refractivity contribution < 1.29 is 19.4 Å². The summed E-state index contributed by atoms with van der Waals surface area (Å²) in [7, 11) is 0. The van der Waals surface area contributed by atoms with Crippen LogP contribution >= 0.6 is 0 Å². The monoisotopic (exact) mass is 645 g/mol. The van der Waals surface area contributed by atoms with Gasteiger partial charge in [0, 0.05) is 12.8 Å². The molecule has 4 heteroatoms. The highest BCUT2D eigenvalue weighted by molar-refractivity contribution is 5.69. The molecule has 0 amide bonds. The first-order chi connectivity index (χ1) is 22.6. The Morgan fingerprint density at radius 1 is 0.500 bits per heavy atom. The van der Waals surface area contributed by atoms with Crippen molar-refractivity contribution in [1.29, 1.82) is 0 Å². The van der Waals surface area contributed by atoms with Crippen LogP contribution in [0.4, 0.5) is 0 Å². The Morgan fingerprint density at radius 3 is 1.41 bits per heavy atom. The Morgan fingerprint density at radius 2 is 0.913 bits per heavy atom. The normalized spacial score (nSPS) is 12.6. The number of aliphatic carboxylic acids is 1. The molecule has 46 heavy (non-hydrogen) atoms. The third-order valence-electron chi connectivity index (χ3n) is 8.88. The summed E-state index contributed by atoms with van der Waals surface area (Å²) in [6, 6.07) is 0. The van der Waals surface area contributed by atoms with E-state index in [1.54, 1.807) is 0 Å². The Balaban J connectivity index is 4.01. The summed E-state index contributed by atoms with van der Waals surface area (Å²) in [5.74, 6) is -0.664. The van der Waals surface area contributed by atoms with Gasteiger partial charge in [-0.25, -0.2) is 0 Å². The number of unbranched alkanes of at least 4 members (excludes halogenated alkanes) is 21. The third-order valence-corrected chi connectivity index (χ3v) is 8.88. The van der Waals surface area contributed by atoms with Crippen LogP contribution in [0.3, 0.4) is 0 Å². The average Bonchev–Trinajstić information content (AvgIpc) is 3.04. The molecule has 1 N–H and O–H groups in total. The zero-order valence-electron chi connectivity index (χ0n) is 30.6. The first-order valence-electron chi connectivity index (χ1n) is 20.0. The predicted molar refractivity (Wildman–Crippen MR) is 199 cm³/mol. The van der Waals surface area contributed by atoms with Crippen LogP contribution in [0.1, 0.15) is 213 Å². The van der Waals surface area contributed by atoms with Crippen molar-refractivity contribution in [2.24, 2.45) is 0 Å². The van der Waals surface area contributed by atoms with Crippen molar-refractivity contribution in [3.63, 3.8) is 0 Å². The van der Waals surface area contributed by atoms with Crippen molar-refractivity contribution in [3.8, 4) is 0 Å². The fraction of sp³-hybridized carbons (Fsp3) is 0.810. The van der Waals surface area contributed by atoms with Crippen LogP contribution in [0, 0.1) is 0 Å². The minimum Gasteiger partial charge on any atom is -0.481 e. The zero-order valence-corrected chi connectivity index (χ0v) is 30.6. The molecule has 0 aromatic heterocycles. The molecule has 0 rings (SSSR count). The van der Waals surface area contributed by atoms with E-state index in [1.807, 2.05) is 0 Å². The van der Waals surface area contributed by atoms with Crippen LogP contribution in [0.25, 0.3) is 0 Å². The lowest BCUT2D eigenvalue weighted by Gasteiger charge is -2.18. The number of carboxylic acid groups (broad SMARTS) is 1. The topological polar surface area (TPSA) is 63.6 Å². The summed E-state index contributed by atoms with van der Waals surface area (Å²) >= 11 is 0. The van der Waals surface area contributed by atoms with E-state index in [4.69, 9.17) is 9.84 Å². The highest BCUT2D eigenvalue weighted by Gasteiger charge is 2.14. The van der Waals surface area contributed by atoms with E-state index in [9.17, 15) is 9.59 Å². The molecule has 0 bridgehead atoms. The molecule has 0 saturated heterocycles. The molecule has 0 aliphatic heterocycles. The van der Waals surface area contributed by atoms with Gasteiger partial charge in [0.1, 0.15) is 6.10 Å². The van der Waals surface area contributed by atoms with Gasteiger partial charge in [0.05, 0.1) is 0 Å². The highest BCUT2D eigenvalue weighted by atomic mass is 16.5.